The van der Waals surface area contributed by atoms with Crippen LogP contribution in [-0.4, -0.2) is 26.1 Å². The molecule has 6 nitrogen and oxygen atoms in total. The lowest BCUT2D eigenvalue weighted by Crippen LogP contribution is -2.28. The van der Waals surface area contributed by atoms with Gasteiger partial charge in [0.25, 0.3) is 11.1 Å². The van der Waals surface area contributed by atoms with Crippen molar-refractivity contribution in [2.24, 2.45) is 0 Å². The normalized spacial score (nSPS) is 16.0. The molecule has 2 N–H and O–H groups in total. The number of amides is 2. The van der Waals surface area contributed by atoms with Crippen molar-refractivity contribution in [3.63, 3.8) is 0 Å². The first-order chi connectivity index (χ1) is 12.3. The summed E-state index contributed by atoms with van der Waals surface area (Å²) in [7, 11) is 0. The van der Waals surface area contributed by atoms with Crippen LogP contribution in [0, 0.1) is 17.5 Å². The third kappa shape index (κ3) is 3.23. The lowest BCUT2D eigenvalue weighted by molar-refractivity contribution is -0.123. The number of aromatic amines is 1. The van der Waals surface area contributed by atoms with Gasteiger partial charge in [0.2, 0.25) is 5.56 Å². The van der Waals surface area contributed by atoms with Gasteiger partial charge in [-0.25, -0.2) is 13.2 Å². The molecule has 0 radical (unpaired) electrons. The molecule has 0 spiro atoms. The van der Waals surface area contributed by atoms with Crippen LogP contribution >= 0.6 is 11.8 Å². The SMILES string of the molecule is O=C1SC(=Cc2c(F)cc(F)c(O)c2F)C(=O)N1Cc1cc[nH]c(=O)c1. The average Bonchev–Trinajstić information content (AvgIpc) is 2.84. The van der Waals surface area contributed by atoms with Crippen molar-refractivity contribution in [3.8, 4) is 5.75 Å². The fourth-order valence-corrected chi connectivity index (χ4v) is 3.08. The van der Waals surface area contributed by atoms with E-state index in [0.29, 0.717) is 17.3 Å². The van der Waals surface area contributed by atoms with E-state index in [1.165, 1.54) is 18.3 Å². The number of carbonyl (C=O) groups excluding carboxylic acids is 2. The molecule has 0 saturated carbocycles. The van der Waals surface area contributed by atoms with Gasteiger partial charge in [-0.3, -0.25) is 19.3 Å². The van der Waals surface area contributed by atoms with Gasteiger partial charge in [0.05, 0.1) is 17.0 Å². The molecule has 26 heavy (non-hydrogen) atoms. The Hall–Kier alpha value is -3.01. The number of benzene rings is 1. The van der Waals surface area contributed by atoms with Crippen molar-refractivity contribution in [1.29, 1.82) is 0 Å². The molecule has 2 amide bonds. The maximum atomic E-state index is 13.9. The minimum Gasteiger partial charge on any atom is -0.503 e. The summed E-state index contributed by atoms with van der Waals surface area (Å²) in [6.45, 7) is -0.203. The average molecular weight is 382 g/mol. The van der Waals surface area contributed by atoms with Crippen molar-refractivity contribution in [2.45, 2.75) is 6.54 Å². The van der Waals surface area contributed by atoms with Crippen LogP contribution in [0.1, 0.15) is 11.1 Å². The van der Waals surface area contributed by atoms with E-state index < -0.39 is 45.5 Å². The highest BCUT2D eigenvalue weighted by molar-refractivity contribution is 8.18. The van der Waals surface area contributed by atoms with E-state index in [1.807, 2.05) is 0 Å². The molecule has 10 heteroatoms. The van der Waals surface area contributed by atoms with Crippen LogP contribution in [0.15, 0.2) is 34.1 Å². The monoisotopic (exact) mass is 382 g/mol. The number of carbonyl (C=O) groups is 2. The Morgan fingerprint density at radius 2 is 1.88 bits per heavy atom. The number of nitrogens with one attached hydrogen (secondary N) is 1. The van der Waals surface area contributed by atoms with Crippen molar-refractivity contribution in [2.75, 3.05) is 0 Å². The number of aromatic nitrogens is 1. The zero-order valence-corrected chi connectivity index (χ0v) is 13.6. The molecule has 1 aromatic carbocycles. The van der Waals surface area contributed by atoms with E-state index in [1.54, 1.807) is 0 Å². The molecule has 2 heterocycles. The number of thioether (sulfide) groups is 1. The van der Waals surface area contributed by atoms with Gasteiger partial charge in [-0.2, -0.15) is 0 Å². The second-order valence-electron chi connectivity index (χ2n) is 5.25. The highest BCUT2D eigenvalue weighted by atomic mass is 32.2. The van der Waals surface area contributed by atoms with Crippen LogP contribution in [0.4, 0.5) is 18.0 Å². The van der Waals surface area contributed by atoms with Gasteiger partial charge in [0, 0.05) is 18.3 Å². The van der Waals surface area contributed by atoms with Crippen molar-refractivity contribution in [1.82, 2.24) is 9.88 Å². The quantitative estimate of drug-likeness (QED) is 0.797. The summed E-state index contributed by atoms with van der Waals surface area (Å²) in [6.07, 6.45) is 2.07. The number of rotatable bonds is 3. The van der Waals surface area contributed by atoms with Crippen molar-refractivity contribution >= 4 is 29.0 Å². The fraction of sp³-hybridized carbons (Fsp3) is 0.0625. The Morgan fingerprint density at radius 3 is 2.58 bits per heavy atom. The Labute approximate surface area is 147 Å². The Balaban J connectivity index is 1.93. The molecular formula is C16H9F3N2O4S. The lowest BCUT2D eigenvalue weighted by atomic mass is 10.1. The van der Waals surface area contributed by atoms with Crippen molar-refractivity contribution in [3.05, 3.63) is 68.2 Å². The summed E-state index contributed by atoms with van der Waals surface area (Å²) in [6, 6.07) is 2.96. The number of nitrogens with zero attached hydrogens (tertiary/aromatic N) is 1. The summed E-state index contributed by atoms with van der Waals surface area (Å²) in [4.78, 5) is 38.5. The number of phenolic OH excluding ortho intramolecular Hbond substituents is 1. The zero-order valence-electron chi connectivity index (χ0n) is 12.8. The van der Waals surface area contributed by atoms with Gasteiger partial charge >= 0.3 is 0 Å². The van der Waals surface area contributed by atoms with Crippen LogP contribution in [0.2, 0.25) is 0 Å². The first-order valence-corrected chi connectivity index (χ1v) is 7.89. The summed E-state index contributed by atoms with van der Waals surface area (Å²) in [5.74, 6) is -6.62. The molecule has 134 valence electrons. The molecule has 1 aliphatic heterocycles. The van der Waals surface area contributed by atoms with Gasteiger partial charge in [-0.15, -0.1) is 0 Å². The number of hydrogen-bond donors (Lipinski definition) is 2. The highest BCUT2D eigenvalue weighted by Gasteiger charge is 2.35. The third-order valence-electron chi connectivity index (χ3n) is 3.51. The van der Waals surface area contributed by atoms with Crippen LogP contribution in [0.25, 0.3) is 6.08 Å². The predicted molar refractivity (Wildman–Crippen MR) is 86.6 cm³/mol. The van der Waals surface area contributed by atoms with Crippen molar-refractivity contribution < 1.29 is 27.9 Å². The zero-order chi connectivity index (χ0) is 19.0. The summed E-state index contributed by atoms with van der Waals surface area (Å²) in [5.41, 5.74) is -0.879. The molecule has 1 aromatic heterocycles. The van der Waals surface area contributed by atoms with Gasteiger partial charge in [-0.05, 0) is 29.5 Å². The first kappa shape index (κ1) is 17.8. The Bertz CT molecular complexity index is 1020. The fourth-order valence-electron chi connectivity index (χ4n) is 2.26. The first-order valence-electron chi connectivity index (χ1n) is 7.07. The van der Waals surface area contributed by atoms with E-state index in [-0.39, 0.29) is 17.5 Å². The van der Waals surface area contributed by atoms with Crippen LogP contribution in [0.3, 0.4) is 0 Å². The molecule has 2 aromatic rings. The van der Waals surface area contributed by atoms with E-state index in [9.17, 15) is 32.7 Å². The number of H-pyrrole nitrogens is 1. The Kier molecular flexibility index (Phi) is 4.60. The minimum atomic E-state index is -1.58. The summed E-state index contributed by atoms with van der Waals surface area (Å²) in [5, 5.41) is 8.53. The topological polar surface area (TPSA) is 90.5 Å². The number of imide groups is 1. The molecule has 1 fully saturated rings. The van der Waals surface area contributed by atoms with Crippen LogP contribution in [0.5, 0.6) is 5.75 Å². The molecule has 1 saturated heterocycles. The molecule has 0 atom stereocenters. The second kappa shape index (κ2) is 6.71. The number of aromatic hydroxyl groups is 1. The van der Waals surface area contributed by atoms with Crippen LogP contribution in [-0.2, 0) is 11.3 Å². The number of pyridine rings is 1. The van der Waals surface area contributed by atoms with E-state index in [4.69, 9.17) is 0 Å². The highest BCUT2D eigenvalue weighted by Crippen LogP contribution is 2.35. The largest absolute Gasteiger partial charge is 0.503 e. The number of phenols is 1. The molecule has 0 bridgehead atoms. The maximum absolute atomic E-state index is 13.9. The van der Waals surface area contributed by atoms with E-state index >= 15 is 0 Å². The van der Waals surface area contributed by atoms with Gasteiger partial charge in [0.1, 0.15) is 5.82 Å². The Morgan fingerprint density at radius 1 is 1.15 bits per heavy atom. The second-order valence-corrected chi connectivity index (χ2v) is 6.24. The smallest absolute Gasteiger partial charge is 0.293 e. The third-order valence-corrected chi connectivity index (χ3v) is 4.42. The number of hydrogen-bond acceptors (Lipinski definition) is 5. The standard InChI is InChI=1S/C16H9F3N2O4S/c17-9-5-10(18)14(23)13(19)8(9)4-11-15(24)21(16(25)26-11)6-7-1-2-20-12(22)3-7/h1-5,23H,6H2,(H,20,22). The van der Waals surface area contributed by atoms with Crippen LogP contribution < -0.4 is 5.56 Å². The van der Waals surface area contributed by atoms with E-state index in [0.717, 1.165) is 11.0 Å². The molecular weight excluding hydrogens is 373 g/mol. The maximum Gasteiger partial charge on any atom is 0.293 e. The summed E-state index contributed by atoms with van der Waals surface area (Å²) >= 11 is 0.431. The molecule has 3 rings (SSSR count). The molecule has 0 aliphatic carbocycles. The number of halogens is 3. The minimum absolute atomic E-state index is 0.203. The van der Waals surface area contributed by atoms with E-state index in [2.05, 4.69) is 4.98 Å². The van der Waals surface area contributed by atoms with Gasteiger partial charge in [-0.1, -0.05) is 0 Å². The molecule has 0 unspecified atom stereocenters. The molecule has 1 aliphatic rings. The van der Waals surface area contributed by atoms with Gasteiger partial charge < -0.3 is 10.1 Å². The van der Waals surface area contributed by atoms with Gasteiger partial charge in [0.15, 0.2) is 17.4 Å². The summed E-state index contributed by atoms with van der Waals surface area (Å²) < 4.78 is 40.7. The lowest BCUT2D eigenvalue weighted by Gasteiger charge is -2.11. The predicted octanol–water partition coefficient (Wildman–Crippen LogP) is 2.73.